The molecule has 1 saturated carbocycles. The van der Waals surface area contributed by atoms with Gasteiger partial charge in [0.15, 0.2) is 0 Å². The van der Waals surface area contributed by atoms with E-state index in [2.05, 4.69) is 10.6 Å². The highest BCUT2D eigenvalue weighted by Crippen LogP contribution is 2.26. The van der Waals surface area contributed by atoms with Gasteiger partial charge in [-0.15, -0.1) is 0 Å². The van der Waals surface area contributed by atoms with Crippen LogP contribution in [-0.2, 0) is 4.79 Å². The summed E-state index contributed by atoms with van der Waals surface area (Å²) in [5.41, 5.74) is 5.63. The van der Waals surface area contributed by atoms with Gasteiger partial charge in [-0.25, -0.2) is 9.18 Å². The first-order valence-corrected chi connectivity index (χ1v) is 8.42. The van der Waals surface area contributed by atoms with Gasteiger partial charge >= 0.3 is 6.03 Å². The predicted octanol–water partition coefficient (Wildman–Crippen LogP) is 1.13. The Balaban J connectivity index is 1.73. The number of urea groups is 1. The zero-order valence-corrected chi connectivity index (χ0v) is 13.8. The third kappa shape index (κ3) is 3.57. The maximum atomic E-state index is 14.4. The molecule has 1 aliphatic carbocycles. The Kier molecular flexibility index (Phi) is 4.87. The van der Waals surface area contributed by atoms with Gasteiger partial charge < -0.3 is 16.4 Å². The zero-order chi connectivity index (χ0) is 18.0. The lowest BCUT2D eigenvalue weighted by atomic mass is 10.0. The van der Waals surface area contributed by atoms with Gasteiger partial charge in [-0.05, 0) is 37.5 Å². The number of nitrogens with one attached hydrogen (secondary N) is 2. The Morgan fingerprint density at radius 2 is 2.08 bits per heavy atom. The number of hydrogen-bond donors (Lipinski definition) is 3. The van der Waals surface area contributed by atoms with E-state index in [1.807, 2.05) is 0 Å². The first kappa shape index (κ1) is 17.2. The number of nitrogens with zero attached hydrogens (tertiary/aromatic N) is 1. The Bertz CT molecular complexity index is 709. The molecular weight excluding hydrogens is 327 g/mol. The molecule has 7 nitrogen and oxygen atoms in total. The average molecular weight is 348 g/mol. The molecule has 1 aromatic rings. The van der Waals surface area contributed by atoms with Gasteiger partial charge in [-0.2, -0.15) is 0 Å². The van der Waals surface area contributed by atoms with Crippen molar-refractivity contribution < 1.29 is 18.8 Å². The summed E-state index contributed by atoms with van der Waals surface area (Å²) >= 11 is 0. The highest BCUT2D eigenvalue weighted by Gasteiger charge is 2.33. The van der Waals surface area contributed by atoms with Crippen LogP contribution in [0.25, 0.3) is 0 Å². The van der Waals surface area contributed by atoms with E-state index in [9.17, 15) is 18.8 Å². The third-order valence-electron chi connectivity index (χ3n) is 4.79. The van der Waals surface area contributed by atoms with Gasteiger partial charge in [0.1, 0.15) is 5.82 Å². The lowest BCUT2D eigenvalue weighted by Crippen LogP contribution is -2.46. The number of carbonyl (C=O) groups is 3. The van der Waals surface area contributed by atoms with Crippen molar-refractivity contribution >= 4 is 23.5 Å². The summed E-state index contributed by atoms with van der Waals surface area (Å²) in [7, 11) is 0. The van der Waals surface area contributed by atoms with Crippen LogP contribution in [0.4, 0.5) is 14.9 Å². The number of amides is 4. The molecule has 4 amide bonds. The molecule has 8 heteroatoms. The van der Waals surface area contributed by atoms with Crippen molar-refractivity contribution in [2.75, 3.05) is 18.0 Å². The van der Waals surface area contributed by atoms with E-state index < -0.39 is 23.5 Å². The molecule has 0 radical (unpaired) electrons. The lowest BCUT2D eigenvalue weighted by Gasteiger charge is -2.27. The molecule has 2 fully saturated rings. The van der Waals surface area contributed by atoms with Gasteiger partial charge in [0.25, 0.3) is 5.91 Å². The van der Waals surface area contributed by atoms with Crippen molar-refractivity contribution in [2.45, 2.75) is 31.7 Å². The van der Waals surface area contributed by atoms with E-state index in [0.717, 1.165) is 12.8 Å². The molecule has 2 aliphatic rings. The van der Waals surface area contributed by atoms with Crippen LogP contribution in [0.5, 0.6) is 0 Å². The van der Waals surface area contributed by atoms with Crippen molar-refractivity contribution in [1.29, 1.82) is 0 Å². The molecule has 0 spiro atoms. The van der Waals surface area contributed by atoms with Crippen LogP contribution in [0.3, 0.4) is 0 Å². The topological polar surface area (TPSA) is 105 Å². The summed E-state index contributed by atoms with van der Waals surface area (Å²) in [6.45, 7) is 1.10. The summed E-state index contributed by atoms with van der Waals surface area (Å²) in [5.74, 6) is -2.15. The number of anilines is 1. The minimum Gasteiger partial charge on any atom is -0.369 e. The van der Waals surface area contributed by atoms with Crippen LogP contribution in [0.15, 0.2) is 18.2 Å². The molecule has 25 heavy (non-hydrogen) atoms. The Labute approximate surface area is 144 Å². The van der Waals surface area contributed by atoms with Crippen molar-refractivity contribution in [1.82, 2.24) is 10.6 Å². The number of rotatable bonds is 4. The summed E-state index contributed by atoms with van der Waals surface area (Å²) < 4.78 is 14.4. The molecule has 0 bridgehead atoms. The SMILES string of the molecule is NC(=O)C1CCCC1NC(=O)c1ccc(N2CCCNC2=O)cc1F. The van der Waals surface area contributed by atoms with Crippen LogP contribution < -0.4 is 21.3 Å². The molecule has 1 aliphatic heterocycles. The Morgan fingerprint density at radius 3 is 2.76 bits per heavy atom. The fraction of sp³-hybridized carbons (Fsp3) is 0.471. The second-order valence-electron chi connectivity index (χ2n) is 6.42. The highest BCUT2D eigenvalue weighted by molar-refractivity contribution is 5.97. The van der Waals surface area contributed by atoms with Crippen molar-refractivity contribution in [3.8, 4) is 0 Å². The molecule has 1 saturated heterocycles. The quantitative estimate of drug-likeness (QED) is 0.759. The smallest absolute Gasteiger partial charge is 0.321 e. The maximum Gasteiger partial charge on any atom is 0.321 e. The van der Waals surface area contributed by atoms with Crippen molar-refractivity contribution in [2.24, 2.45) is 11.7 Å². The molecule has 4 N–H and O–H groups in total. The monoisotopic (exact) mass is 348 g/mol. The third-order valence-corrected chi connectivity index (χ3v) is 4.79. The molecule has 3 rings (SSSR count). The average Bonchev–Trinajstić information content (AvgIpc) is 3.03. The maximum absolute atomic E-state index is 14.4. The van der Waals surface area contributed by atoms with Crippen molar-refractivity contribution in [3.05, 3.63) is 29.6 Å². The molecular formula is C17H21FN4O3. The van der Waals surface area contributed by atoms with Gasteiger partial charge in [-0.3, -0.25) is 14.5 Å². The molecule has 0 aromatic heterocycles. The first-order valence-electron chi connectivity index (χ1n) is 8.42. The van der Waals surface area contributed by atoms with Crippen LogP contribution in [0, 0.1) is 11.7 Å². The van der Waals surface area contributed by atoms with E-state index in [-0.39, 0.29) is 17.6 Å². The summed E-state index contributed by atoms with van der Waals surface area (Å²) in [6.07, 6.45) is 2.84. The summed E-state index contributed by atoms with van der Waals surface area (Å²) in [5, 5.41) is 5.40. The molecule has 134 valence electrons. The van der Waals surface area contributed by atoms with E-state index in [1.54, 1.807) is 6.07 Å². The highest BCUT2D eigenvalue weighted by atomic mass is 19.1. The standard InChI is InChI=1S/C17H21FN4O3/c18-13-9-10(22-8-2-7-20-17(22)25)5-6-11(13)16(24)21-14-4-1-3-12(14)15(19)23/h5-6,9,12,14H,1-4,7-8H2,(H2,19,23)(H,20,25)(H,21,24). The molecule has 2 atom stereocenters. The van der Waals surface area contributed by atoms with Gasteiger partial charge in [0.2, 0.25) is 5.91 Å². The normalized spacial score (nSPS) is 23.2. The van der Waals surface area contributed by atoms with Crippen LogP contribution in [-0.4, -0.2) is 37.0 Å². The minimum atomic E-state index is -0.706. The zero-order valence-electron chi connectivity index (χ0n) is 13.8. The minimum absolute atomic E-state index is 0.115. The van der Waals surface area contributed by atoms with Gasteiger partial charge in [-0.1, -0.05) is 6.42 Å². The Hall–Kier alpha value is -2.64. The fourth-order valence-corrected chi connectivity index (χ4v) is 3.45. The van der Waals surface area contributed by atoms with E-state index in [0.29, 0.717) is 31.6 Å². The largest absolute Gasteiger partial charge is 0.369 e. The second kappa shape index (κ2) is 7.08. The summed E-state index contributed by atoms with van der Waals surface area (Å²) in [4.78, 5) is 37.0. The molecule has 2 unspecified atom stereocenters. The number of primary amides is 1. The number of benzene rings is 1. The van der Waals surface area contributed by atoms with Gasteiger partial charge in [0.05, 0.1) is 11.5 Å². The Morgan fingerprint density at radius 1 is 1.28 bits per heavy atom. The number of halogens is 1. The fourth-order valence-electron chi connectivity index (χ4n) is 3.45. The number of carbonyl (C=O) groups excluding carboxylic acids is 3. The summed E-state index contributed by atoms with van der Waals surface area (Å²) in [6, 6.07) is 3.44. The first-order chi connectivity index (χ1) is 12.0. The van der Waals surface area contributed by atoms with Crippen molar-refractivity contribution in [3.63, 3.8) is 0 Å². The number of hydrogen-bond acceptors (Lipinski definition) is 3. The predicted molar refractivity (Wildman–Crippen MR) is 89.6 cm³/mol. The second-order valence-corrected chi connectivity index (χ2v) is 6.42. The molecule has 1 heterocycles. The van der Waals surface area contributed by atoms with Crippen LogP contribution in [0.2, 0.25) is 0 Å². The molecule has 1 aromatic carbocycles. The van der Waals surface area contributed by atoms with Crippen LogP contribution in [0.1, 0.15) is 36.0 Å². The van der Waals surface area contributed by atoms with E-state index in [4.69, 9.17) is 5.73 Å². The van der Waals surface area contributed by atoms with E-state index >= 15 is 0 Å². The van der Waals surface area contributed by atoms with E-state index in [1.165, 1.54) is 17.0 Å². The number of nitrogens with two attached hydrogens (primary N) is 1. The van der Waals surface area contributed by atoms with Crippen LogP contribution >= 0.6 is 0 Å². The lowest BCUT2D eigenvalue weighted by molar-refractivity contribution is -0.122. The van der Waals surface area contributed by atoms with Gasteiger partial charge in [0, 0.05) is 24.8 Å².